The van der Waals surface area contributed by atoms with Crippen LogP contribution in [0.25, 0.3) is 0 Å². The largest absolute Gasteiger partial charge is 0.432 e. The van der Waals surface area contributed by atoms with Crippen molar-refractivity contribution in [3.63, 3.8) is 0 Å². The van der Waals surface area contributed by atoms with Gasteiger partial charge in [-0.3, -0.25) is 4.79 Å². The molecule has 6 aliphatic rings. The van der Waals surface area contributed by atoms with Gasteiger partial charge in [0.25, 0.3) is 0 Å². The number of carbonyl (C=O) groups excluding carboxylic acids is 1. The van der Waals surface area contributed by atoms with E-state index in [9.17, 15) is 30.3 Å². The van der Waals surface area contributed by atoms with Crippen molar-refractivity contribution in [2.45, 2.75) is 143 Å². The van der Waals surface area contributed by atoms with Crippen LogP contribution in [-0.2, 0) is 14.3 Å². The molecule has 1 saturated heterocycles. The molecule has 0 aromatic carbocycles. The summed E-state index contributed by atoms with van der Waals surface area (Å²) in [7, 11) is 0. The molecule has 0 amide bonds. The molecule has 0 aromatic rings. The molecule has 0 bridgehead atoms. The summed E-state index contributed by atoms with van der Waals surface area (Å²) in [6.45, 7) is 16.0. The van der Waals surface area contributed by atoms with Crippen LogP contribution in [0.3, 0.4) is 0 Å². The zero-order chi connectivity index (χ0) is 31.5. The number of aliphatic hydroxyl groups excluding tert-OH is 5. The van der Waals surface area contributed by atoms with E-state index in [0.717, 1.165) is 44.9 Å². The highest BCUT2D eigenvalue weighted by Gasteiger charge is 2.71. The van der Waals surface area contributed by atoms with Crippen molar-refractivity contribution in [2.75, 3.05) is 6.61 Å². The Morgan fingerprint density at radius 3 is 2.23 bits per heavy atom. The van der Waals surface area contributed by atoms with Gasteiger partial charge in [0.2, 0.25) is 6.29 Å². The summed E-state index contributed by atoms with van der Waals surface area (Å²) in [6, 6.07) is 0. The number of hydrogen-bond acceptors (Lipinski definition) is 8. The number of allylic oxidation sites excluding steroid dienone is 2. The number of esters is 1. The lowest BCUT2D eigenvalue weighted by molar-refractivity contribution is -0.274. The maximum absolute atomic E-state index is 14.3. The van der Waals surface area contributed by atoms with E-state index < -0.39 is 42.1 Å². The number of ether oxygens (including phenoxy) is 2. The highest BCUT2D eigenvalue weighted by atomic mass is 16.7. The second-order valence-corrected chi connectivity index (χ2v) is 17.5. The summed E-state index contributed by atoms with van der Waals surface area (Å²) in [5.41, 5.74) is -0.392. The van der Waals surface area contributed by atoms with Crippen LogP contribution >= 0.6 is 0 Å². The van der Waals surface area contributed by atoms with E-state index in [4.69, 9.17) is 9.47 Å². The van der Waals surface area contributed by atoms with Crippen molar-refractivity contribution < 1.29 is 39.8 Å². The smallest absolute Gasteiger partial charge is 0.317 e. The van der Waals surface area contributed by atoms with Crippen LogP contribution in [0.5, 0.6) is 0 Å². The maximum Gasteiger partial charge on any atom is 0.317 e. The predicted octanol–water partition coefficient (Wildman–Crippen LogP) is 4.10. The summed E-state index contributed by atoms with van der Waals surface area (Å²) in [4.78, 5) is 14.3. The Morgan fingerprint density at radius 2 is 1.53 bits per heavy atom. The van der Waals surface area contributed by atoms with Gasteiger partial charge >= 0.3 is 5.97 Å². The van der Waals surface area contributed by atoms with Gasteiger partial charge in [0.1, 0.15) is 23.7 Å². The maximum atomic E-state index is 14.3. The standard InChI is InChI=1S/C35H56O8/c1-30(2)14-15-35(29(41)43-28-27(40)26(39)21(36)18-42-28)20(16-30)19-8-9-23-32(5)12-11-24(37)31(3,4)22(32)10-13-33(23,6)34(19,7)17-25(35)38/h8,20-28,36-40H,9-18H2,1-7H3/t20-,21+,22-,23+,24-,25?,26+,27?,28+,32-,33+,34+,35+/m0/s1. The minimum atomic E-state index is -1.57. The molecule has 8 nitrogen and oxygen atoms in total. The SMILES string of the molecule is CC1(C)CC[C@]2(C(=O)O[C@H]3OC[C@@H](O)[C@@H](O)C3O)C(O)C[C@]3(C)C(=CC[C@@H]4[C@@]5(C)CC[C@H](O)C(C)(C)[C@@H]5CC[C@]43C)[C@@H]2C1. The third-order valence-corrected chi connectivity index (χ3v) is 14.7. The van der Waals surface area contributed by atoms with Crippen molar-refractivity contribution in [3.05, 3.63) is 11.6 Å². The van der Waals surface area contributed by atoms with Gasteiger partial charge in [0.05, 0.1) is 18.8 Å². The molecule has 4 saturated carbocycles. The number of rotatable bonds is 2. The van der Waals surface area contributed by atoms with E-state index in [1.807, 2.05) is 0 Å². The normalized spacial score (nSPS) is 53.8. The molecule has 2 unspecified atom stereocenters. The minimum Gasteiger partial charge on any atom is -0.432 e. The van der Waals surface area contributed by atoms with Crippen molar-refractivity contribution in [2.24, 2.45) is 50.2 Å². The Morgan fingerprint density at radius 1 is 0.837 bits per heavy atom. The zero-order valence-corrected chi connectivity index (χ0v) is 27.3. The average Bonchev–Trinajstić information content (AvgIpc) is 2.91. The number of hydrogen-bond donors (Lipinski definition) is 5. The van der Waals surface area contributed by atoms with Crippen LogP contribution in [-0.4, -0.2) is 74.9 Å². The molecule has 244 valence electrons. The summed E-state index contributed by atoms with van der Waals surface area (Å²) in [5.74, 6) is 0.0253. The molecule has 1 aliphatic heterocycles. The zero-order valence-electron chi connectivity index (χ0n) is 27.3. The number of fused-ring (bicyclic) bond motifs is 7. The van der Waals surface area contributed by atoms with Gasteiger partial charge in [-0.25, -0.2) is 0 Å². The van der Waals surface area contributed by atoms with Crippen LogP contribution in [0.4, 0.5) is 0 Å². The molecule has 0 aromatic heterocycles. The fraction of sp³-hybridized carbons (Fsp3) is 0.914. The van der Waals surface area contributed by atoms with Crippen LogP contribution in [0, 0.1) is 50.2 Å². The molecular formula is C35H56O8. The summed E-state index contributed by atoms with van der Waals surface area (Å²) in [5, 5.41) is 54.0. The van der Waals surface area contributed by atoms with Crippen LogP contribution in [0.2, 0.25) is 0 Å². The first-order chi connectivity index (χ1) is 19.8. The van der Waals surface area contributed by atoms with E-state index in [1.54, 1.807) is 0 Å². The second-order valence-electron chi connectivity index (χ2n) is 17.5. The summed E-state index contributed by atoms with van der Waals surface area (Å²) >= 11 is 0. The molecular weight excluding hydrogens is 548 g/mol. The monoisotopic (exact) mass is 604 g/mol. The fourth-order valence-corrected chi connectivity index (χ4v) is 11.8. The quantitative estimate of drug-likeness (QED) is 0.235. The van der Waals surface area contributed by atoms with Gasteiger partial charge in [-0.05, 0) is 103 Å². The molecule has 5 fully saturated rings. The van der Waals surface area contributed by atoms with Crippen LogP contribution in [0.15, 0.2) is 11.6 Å². The Balaban J connectivity index is 1.39. The molecule has 0 radical (unpaired) electrons. The lowest BCUT2D eigenvalue weighted by atomic mass is 9.33. The van der Waals surface area contributed by atoms with Gasteiger partial charge < -0.3 is 35.0 Å². The van der Waals surface area contributed by atoms with E-state index in [1.165, 1.54) is 5.57 Å². The summed E-state index contributed by atoms with van der Waals surface area (Å²) < 4.78 is 11.3. The molecule has 13 atom stereocenters. The van der Waals surface area contributed by atoms with Crippen LogP contribution < -0.4 is 0 Å². The van der Waals surface area contributed by atoms with Crippen molar-refractivity contribution in [3.8, 4) is 0 Å². The molecule has 5 N–H and O–H groups in total. The van der Waals surface area contributed by atoms with Gasteiger partial charge in [-0.1, -0.05) is 60.1 Å². The van der Waals surface area contributed by atoms with Gasteiger partial charge in [-0.15, -0.1) is 0 Å². The predicted molar refractivity (Wildman–Crippen MR) is 160 cm³/mol. The molecule has 1 heterocycles. The molecule has 8 heteroatoms. The van der Waals surface area contributed by atoms with E-state index in [-0.39, 0.29) is 45.7 Å². The van der Waals surface area contributed by atoms with Gasteiger partial charge in [-0.2, -0.15) is 0 Å². The molecule has 0 spiro atoms. The Bertz CT molecular complexity index is 1160. The minimum absolute atomic E-state index is 0.0284. The van der Waals surface area contributed by atoms with Crippen LogP contribution in [0.1, 0.15) is 106 Å². The topological polar surface area (TPSA) is 137 Å². The third kappa shape index (κ3) is 4.25. The fourth-order valence-electron chi connectivity index (χ4n) is 11.8. The highest BCUT2D eigenvalue weighted by Crippen LogP contribution is 2.75. The van der Waals surface area contributed by atoms with Gasteiger partial charge in [0, 0.05) is 0 Å². The first-order valence-corrected chi connectivity index (χ1v) is 16.8. The highest BCUT2D eigenvalue weighted by molar-refractivity contribution is 5.80. The Labute approximate surface area is 257 Å². The number of carbonyl (C=O) groups is 1. The van der Waals surface area contributed by atoms with E-state index in [0.29, 0.717) is 24.7 Å². The molecule has 5 aliphatic carbocycles. The lowest BCUT2D eigenvalue weighted by Crippen LogP contribution is -2.68. The first kappa shape index (κ1) is 31.9. The van der Waals surface area contributed by atoms with Gasteiger partial charge in [0.15, 0.2) is 0 Å². The molecule has 43 heavy (non-hydrogen) atoms. The number of aliphatic hydroxyl groups is 5. The van der Waals surface area contributed by atoms with Crippen molar-refractivity contribution >= 4 is 5.97 Å². The Hall–Kier alpha value is -1.03. The lowest BCUT2D eigenvalue weighted by Gasteiger charge is -2.71. The van der Waals surface area contributed by atoms with Crippen molar-refractivity contribution in [1.82, 2.24) is 0 Å². The first-order valence-electron chi connectivity index (χ1n) is 16.8. The Kier molecular flexibility index (Phi) is 7.41. The summed E-state index contributed by atoms with van der Waals surface area (Å²) in [6.07, 6.45) is 2.71. The van der Waals surface area contributed by atoms with E-state index >= 15 is 0 Å². The second kappa shape index (κ2) is 9.98. The molecule has 6 rings (SSSR count). The van der Waals surface area contributed by atoms with Crippen molar-refractivity contribution in [1.29, 1.82) is 0 Å². The average molecular weight is 605 g/mol. The van der Waals surface area contributed by atoms with E-state index in [2.05, 4.69) is 54.5 Å². The third-order valence-electron chi connectivity index (χ3n) is 14.7.